The number of benzene rings is 1. The van der Waals surface area contributed by atoms with Crippen molar-refractivity contribution >= 4 is 27.3 Å². The average molecular weight is 272 g/mol. The molecule has 3 nitrogen and oxygen atoms in total. The molecule has 0 unspecified atom stereocenters. The number of thiophene rings is 1. The summed E-state index contributed by atoms with van der Waals surface area (Å²) in [5, 5.41) is 4.57. The van der Waals surface area contributed by atoms with Gasteiger partial charge in [0.2, 0.25) is 0 Å². The van der Waals surface area contributed by atoms with Crippen LogP contribution in [0.4, 0.5) is 0 Å². The van der Waals surface area contributed by atoms with Gasteiger partial charge in [0.05, 0.1) is 4.88 Å². The summed E-state index contributed by atoms with van der Waals surface area (Å²) in [6.45, 7) is 2.95. The van der Waals surface area contributed by atoms with Gasteiger partial charge in [0.25, 0.3) is 5.91 Å². The lowest BCUT2D eigenvalue weighted by atomic mass is 10.1. The third kappa shape index (κ3) is 1.78. The largest absolute Gasteiger partial charge is 0.333 e. The molecule has 0 bridgehead atoms. The third-order valence-electron chi connectivity index (χ3n) is 4.34. The molecule has 4 heteroatoms. The van der Waals surface area contributed by atoms with Crippen LogP contribution in [0.25, 0.3) is 10.1 Å². The fourth-order valence-electron chi connectivity index (χ4n) is 3.33. The molecule has 2 aromatic rings. The molecule has 1 amide bonds. The number of carbonyl (C=O) groups excluding carboxylic acids is 1. The normalized spacial score (nSPS) is 26.0. The predicted molar refractivity (Wildman–Crippen MR) is 77.6 cm³/mol. The molecule has 2 fully saturated rings. The Bertz CT molecular complexity index is 603. The highest BCUT2D eigenvalue weighted by atomic mass is 32.1. The fourth-order valence-corrected chi connectivity index (χ4v) is 4.35. The Hall–Kier alpha value is -1.39. The first-order chi connectivity index (χ1) is 9.33. The van der Waals surface area contributed by atoms with Gasteiger partial charge in [-0.25, -0.2) is 0 Å². The summed E-state index contributed by atoms with van der Waals surface area (Å²) in [6.07, 6.45) is 1.15. The number of likely N-dealkylation sites (tertiary alicyclic amines) is 1. The molecule has 2 aliphatic heterocycles. The summed E-state index contributed by atoms with van der Waals surface area (Å²) in [6, 6.07) is 10.7. The van der Waals surface area contributed by atoms with E-state index in [1.54, 1.807) is 11.3 Å². The van der Waals surface area contributed by atoms with Gasteiger partial charge in [-0.2, -0.15) is 0 Å². The van der Waals surface area contributed by atoms with E-state index in [1.165, 1.54) is 10.1 Å². The van der Waals surface area contributed by atoms with Gasteiger partial charge in [0.1, 0.15) is 0 Å². The SMILES string of the molecule is O=C(c1cc2ccccc2s1)N1CC[C@H]2CNC[C@H]21. The maximum absolute atomic E-state index is 12.7. The van der Waals surface area contributed by atoms with Crippen molar-refractivity contribution in [3.8, 4) is 0 Å². The van der Waals surface area contributed by atoms with Gasteiger partial charge in [-0.1, -0.05) is 18.2 Å². The number of hydrogen-bond donors (Lipinski definition) is 1. The average Bonchev–Trinajstić information content (AvgIpc) is 3.12. The van der Waals surface area contributed by atoms with E-state index in [0.29, 0.717) is 12.0 Å². The molecular formula is C15H16N2OS. The van der Waals surface area contributed by atoms with Crippen LogP contribution >= 0.6 is 11.3 Å². The van der Waals surface area contributed by atoms with E-state index in [1.807, 2.05) is 18.2 Å². The molecule has 0 spiro atoms. The lowest BCUT2D eigenvalue weighted by Crippen LogP contribution is -2.38. The van der Waals surface area contributed by atoms with Crippen LogP contribution in [0.2, 0.25) is 0 Å². The van der Waals surface area contributed by atoms with Crippen molar-refractivity contribution in [2.75, 3.05) is 19.6 Å². The molecule has 98 valence electrons. The quantitative estimate of drug-likeness (QED) is 0.864. The third-order valence-corrected chi connectivity index (χ3v) is 5.45. The highest BCUT2D eigenvalue weighted by molar-refractivity contribution is 7.20. The molecule has 0 saturated carbocycles. The van der Waals surface area contributed by atoms with E-state index in [-0.39, 0.29) is 5.91 Å². The maximum atomic E-state index is 12.7. The predicted octanol–water partition coefficient (Wildman–Crippen LogP) is 2.34. The van der Waals surface area contributed by atoms with Crippen LogP contribution in [0.3, 0.4) is 0 Å². The topological polar surface area (TPSA) is 32.3 Å². The zero-order valence-corrected chi connectivity index (χ0v) is 11.5. The number of amides is 1. The highest BCUT2D eigenvalue weighted by Crippen LogP contribution is 2.32. The second-order valence-electron chi connectivity index (χ2n) is 5.42. The summed E-state index contributed by atoms with van der Waals surface area (Å²) < 4.78 is 1.20. The smallest absolute Gasteiger partial charge is 0.264 e. The van der Waals surface area contributed by atoms with Crippen LogP contribution < -0.4 is 5.32 Å². The Morgan fingerprint density at radius 2 is 2.21 bits per heavy atom. The van der Waals surface area contributed by atoms with Gasteiger partial charge in [-0.3, -0.25) is 4.79 Å². The van der Waals surface area contributed by atoms with Crippen LogP contribution in [-0.4, -0.2) is 36.5 Å². The monoisotopic (exact) mass is 272 g/mol. The van der Waals surface area contributed by atoms with Crippen molar-refractivity contribution in [3.05, 3.63) is 35.2 Å². The molecular weight excluding hydrogens is 256 g/mol. The molecule has 0 aliphatic carbocycles. The summed E-state index contributed by atoms with van der Waals surface area (Å²) in [7, 11) is 0. The number of carbonyl (C=O) groups is 1. The van der Waals surface area contributed by atoms with Gasteiger partial charge in [-0.15, -0.1) is 11.3 Å². The van der Waals surface area contributed by atoms with Gasteiger partial charge in [-0.05, 0) is 29.9 Å². The van der Waals surface area contributed by atoms with Crippen molar-refractivity contribution in [2.45, 2.75) is 12.5 Å². The summed E-state index contributed by atoms with van der Waals surface area (Å²) in [4.78, 5) is 15.6. The van der Waals surface area contributed by atoms with Gasteiger partial charge >= 0.3 is 0 Å². The molecule has 0 radical (unpaired) electrons. The molecule has 4 rings (SSSR count). The molecule has 2 saturated heterocycles. The minimum Gasteiger partial charge on any atom is -0.333 e. The molecule has 2 atom stereocenters. The second-order valence-corrected chi connectivity index (χ2v) is 6.51. The van der Waals surface area contributed by atoms with Crippen LogP contribution in [0.15, 0.2) is 30.3 Å². The molecule has 2 aliphatic rings. The molecule has 1 N–H and O–H groups in total. The molecule has 1 aromatic carbocycles. The maximum Gasteiger partial charge on any atom is 0.264 e. The first kappa shape index (κ1) is 11.4. The van der Waals surface area contributed by atoms with Crippen LogP contribution in [-0.2, 0) is 0 Å². The number of rotatable bonds is 1. The summed E-state index contributed by atoms with van der Waals surface area (Å²) in [5.74, 6) is 0.885. The second kappa shape index (κ2) is 4.32. The van der Waals surface area contributed by atoms with Crippen molar-refractivity contribution in [2.24, 2.45) is 5.92 Å². The number of fused-ring (bicyclic) bond motifs is 2. The van der Waals surface area contributed by atoms with E-state index in [4.69, 9.17) is 0 Å². The van der Waals surface area contributed by atoms with E-state index in [2.05, 4.69) is 22.3 Å². The van der Waals surface area contributed by atoms with Crippen molar-refractivity contribution in [1.29, 1.82) is 0 Å². The van der Waals surface area contributed by atoms with Crippen molar-refractivity contribution in [3.63, 3.8) is 0 Å². The Morgan fingerprint density at radius 3 is 3.11 bits per heavy atom. The lowest BCUT2D eigenvalue weighted by Gasteiger charge is -2.22. The van der Waals surface area contributed by atoms with E-state index in [9.17, 15) is 4.79 Å². The number of nitrogens with zero attached hydrogens (tertiary/aromatic N) is 1. The van der Waals surface area contributed by atoms with E-state index < -0.39 is 0 Å². The Kier molecular flexibility index (Phi) is 2.60. The lowest BCUT2D eigenvalue weighted by molar-refractivity contribution is 0.0742. The fraction of sp³-hybridized carbons (Fsp3) is 0.400. The molecule has 3 heterocycles. The number of hydrogen-bond acceptors (Lipinski definition) is 3. The van der Waals surface area contributed by atoms with Crippen LogP contribution in [0.1, 0.15) is 16.1 Å². The van der Waals surface area contributed by atoms with Gasteiger partial charge in [0, 0.05) is 30.4 Å². The Morgan fingerprint density at radius 1 is 1.32 bits per heavy atom. The zero-order valence-electron chi connectivity index (χ0n) is 10.6. The first-order valence-corrected chi connectivity index (χ1v) is 7.65. The van der Waals surface area contributed by atoms with Crippen molar-refractivity contribution < 1.29 is 4.79 Å². The van der Waals surface area contributed by atoms with Crippen LogP contribution in [0, 0.1) is 5.92 Å². The number of nitrogens with one attached hydrogen (secondary N) is 1. The first-order valence-electron chi connectivity index (χ1n) is 6.83. The molecule has 19 heavy (non-hydrogen) atoms. The summed E-state index contributed by atoms with van der Waals surface area (Å²) in [5.41, 5.74) is 0. The minimum absolute atomic E-state index is 0.220. The highest BCUT2D eigenvalue weighted by Gasteiger charge is 2.40. The zero-order chi connectivity index (χ0) is 12.8. The van der Waals surface area contributed by atoms with Crippen molar-refractivity contribution in [1.82, 2.24) is 10.2 Å². The van der Waals surface area contributed by atoms with E-state index in [0.717, 1.165) is 30.9 Å². The molecule has 1 aromatic heterocycles. The Balaban J connectivity index is 1.66. The van der Waals surface area contributed by atoms with Crippen LogP contribution in [0.5, 0.6) is 0 Å². The summed E-state index contributed by atoms with van der Waals surface area (Å²) >= 11 is 1.61. The van der Waals surface area contributed by atoms with E-state index >= 15 is 0 Å². The van der Waals surface area contributed by atoms with Gasteiger partial charge < -0.3 is 10.2 Å². The Labute approximate surface area is 116 Å². The van der Waals surface area contributed by atoms with Gasteiger partial charge in [0.15, 0.2) is 0 Å². The minimum atomic E-state index is 0.220. The standard InChI is InChI=1S/C15H16N2OS/c18-15(17-6-5-11-8-16-9-12(11)17)14-7-10-3-1-2-4-13(10)19-14/h1-4,7,11-12,16H,5-6,8-9H2/t11-,12+/m0/s1.